The van der Waals surface area contributed by atoms with Crippen molar-refractivity contribution in [3.8, 4) is 5.75 Å². The molecule has 0 unspecified atom stereocenters. The zero-order valence-electron chi connectivity index (χ0n) is 16.0. The van der Waals surface area contributed by atoms with Crippen molar-refractivity contribution in [1.29, 1.82) is 0 Å². The second kappa shape index (κ2) is 10.2. The van der Waals surface area contributed by atoms with Gasteiger partial charge in [0.2, 0.25) is 0 Å². The Balaban J connectivity index is 1.66. The lowest BCUT2D eigenvalue weighted by Crippen LogP contribution is -2.41. The number of nitrogens with one attached hydrogen (secondary N) is 2. The van der Waals surface area contributed by atoms with Crippen LogP contribution in [0.2, 0.25) is 0 Å². The van der Waals surface area contributed by atoms with E-state index in [9.17, 15) is 9.59 Å². The van der Waals surface area contributed by atoms with Crippen LogP contribution in [0.25, 0.3) is 6.08 Å². The van der Waals surface area contributed by atoms with Crippen molar-refractivity contribution >= 4 is 29.2 Å². The highest BCUT2D eigenvalue weighted by Gasteiger charge is 2.17. The van der Waals surface area contributed by atoms with Gasteiger partial charge in [0.15, 0.2) is 0 Å². The summed E-state index contributed by atoms with van der Waals surface area (Å²) in [5.41, 5.74) is 0.672. The van der Waals surface area contributed by atoms with Gasteiger partial charge in [0.05, 0.1) is 6.04 Å². The molecule has 1 atom stereocenters. The molecule has 5 nitrogen and oxygen atoms in total. The third-order valence-corrected chi connectivity index (χ3v) is 4.80. The topological polar surface area (TPSA) is 67.4 Å². The Morgan fingerprint density at radius 3 is 2.34 bits per heavy atom. The van der Waals surface area contributed by atoms with Crippen molar-refractivity contribution in [1.82, 2.24) is 10.6 Å². The van der Waals surface area contributed by atoms with Gasteiger partial charge >= 0.3 is 0 Å². The average molecular weight is 407 g/mol. The van der Waals surface area contributed by atoms with Gasteiger partial charge in [0.1, 0.15) is 18.1 Å². The first-order valence-corrected chi connectivity index (χ1v) is 10.1. The Hall–Kier alpha value is -3.38. The molecule has 0 aliphatic rings. The van der Waals surface area contributed by atoms with E-state index in [2.05, 4.69) is 10.6 Å². The zero-order chi connectivity index (χ0) is 20.5. The lowest BCUT2D eigenvalue weighted by Gasteiger charge is -2.17. The van der Waals surface area contributed by atoms with Crippen LogP contribution in [0.5, 0.6) is 5.75 Å². The molecule has 1 aromatic heterocycles. The summed E-state index contributed by atoms with van der Waals surface area (Å²) in [5, 5.41) is 7.52. The fourth-order valence-corrected chi connectivity index (χ4v) is 3.20. The smallest absolute Gasteiger partial charge is 0.268 e. The van der Waals surface area contributed by atoms with E-state index in [0.29, 0.717) is 12.2 Å². The molecule has 0 spiro atoms. The van der Waals surface area contributed by atoms with E-state index in [1.165, 1.54) is 11.3 Å². The average Bonchev–Trinajstić information content (AvgIpc) is 3.26. The second-order valence-corrected chi connectivity index (χ2v) is 7.37. The van der Waals surface area contributed by atoms with Crippen molar-refractivity contribution < 1.29 is 14.3 Å². The molecule has 0 aliphatic heterocycles. The number of para-hydroxylation sites is 1. The Morgan fingerprint density at radius 1 is 1.00 bits per heavy atom. The van der Waals surface area contributed by atoms with Crippen LogP contribution in [0, 0.1) is 0 Å². The molecule has 2 N–H and O–H groups in total. The standard InChI is InChI=1S/C23H22N2O3S/c1-17(16-28-19-11-6-3-7-12-19)24-23(27)21(15-20-13-8-14-29-20)25-22(26)18-9-4-2-5-10-18/h2-15,17H,16H2,1H3,(H,24,27)(H,25,26)/b21-15-/t17-/m0/s1. The van der Waals surface area contributed by atoms with E-state index in [-0.39, 0.29) is 23.6 Å². The highest BCUT2D eigenvalue weighted by Crippen LogP contribution is 2.14. The van der Waals surface area contributed by atoms with Gasteiger partial charge in [-0.2, -0.15) is 0 Å². The molecule has 0 saturated carbocycles. The molecule has 148 valence electrons. The van der Waals surface area contributed by atoms with Crippen LogP contribution in [-0.4, -0.2) is 24.5 Å². The third kappa shape index (κ3) is 6.33. The summed E-state index contributed by atoms with van der Waals surface area (Å²) in [7, 11) is 0. The summed E-state index contributed by atoms with van der Waals surface area (Å²) in [6, 6.07) is 21.7. The van der Waals surface area contributed by atoms with E-state index < -0.39 is 0 Å². The molecular formula is C23H22N2O3S. The van der Waals surface area contributed by atoms with Gasteiger partial charge in [0.25, 0.3) is 11.8 Å². The molecule has 0 aliphatic carbocycles. The molecule has 6 heteroatoms. The molecule has 0 saturated heterocycles. The summed E-state index contributed by atoms with van der Waals surface area (Å²) in [6.07, 6.45) is 1.67. The number of carbonyl (C=O) groups is 2. The predicted molar refractivity (Wildman–Crippen MR) is 116 cm³/mol. The Labute approximate surface area is 174 Å². The minimum absolute atomic E-state index is 0.188. The number of benzene rings is 2. The van der Waals surface area contributed by atoms with Crippen molar-refractivity contribution in [2.24, 2.45) is 0 Å². The minimum atomic E-state index is -0.369. The summed E-state index contributed by atoms with van der Waals surface area (Å²) in [5.74, 6) is 0.0314. The van der Waals surface area contributed by atoms with Gasteiger partial charge in [-0.25, -0.2) is 0 Å². The van der Waals surface area contributed by atoms with E-state index in [0.717, 1.165) is 10.6 Å². The summed E-state index contributed by atoms with van der Waals surface area (Å²) < 4.78 is 5.69. The highest BCUT2D eigenvalue weighted by atomic mass is 32.1. The normalized spacial score (nSPS) is 12.1. The molecular weight excluding hydrogens is 384 g/mol. The molecule has 3 rings (SSSR count). The molecule has 0 radical (unpaired) electrons. The van der Waals surface area contributed by atoms with Crippen molar-refractivity contribution in [3.63, 3.8) is 0 Å². The first kappa shape index (κ1) is 20.4. The van der Waals surface area contributed by atoms with Crippen LogP contribution >= 0.6 is 11.3 Å². The lowest BCUT2D eigenvalue weighted by molar-refractivity contribution is -0.118. The fraction of sp³-hybridized carbons (Fsp3) is 0.130. The maximum absolute atomic E-state index is 12.8. The van der Waals surface area contributed by atoms with Crippen LogP contribution < -0.4 is 15.4 Å². The first-order chi connectivity index (χ1) is 14.1. The summed E-state index contributed by atoms with van der Waals surface area (Å²) in [6.45, 7) is 2.16. The van der Waals surface area contributed by atoms with Crippen LogP contribution in [0.15, 0.2) is 83.9 Å². The van der Waals surface area contributed by atoms with E-state index >= 15 is 0 Å². The number of hydrogen-bond acceptors (Lipinski definition) is 4. The number of thiophene rings is 1. The van der Waals surface area contributed by atoms with Crippen LogP contribution in [0.3, 0.4) is 0 Å². The maximum atomic E-state index is 12.8. The predicted octanol–water partition coefficient (Wildman–Crippen LogP) is 4.10. The van der Waals surface area contributed by atoms with Crippen LogP contribution in [0.4, 0.5) is 0 Å². The van der Waals surface area contributed by atoms with Gasteiger partial charge in [-0.1, -0.05) is 42.5 Å². The van der Waals surface area contributed by atoms with Crippen LogP contribution in [-0.2, 0) is 4.79 Å². The zero-order valence-corrected chi connectivity index (χ0v) is 16.8. The van der Waals surface area contributed by atoms with Gasteiger partial charge in [-0.3, -0.25) is 9.59 Å². The van der Waals surface area contributed by atoms with Gasteiger partial charge in [0, 0.05) is 10.4 Å². The summed E-state index contributed by atoms with van der Waals surface area (Å²) in [4.78, 5) is 26.2. The Bertz CT molecular complexity index is 954. The largest absolute Gasteiger partial charge is 0.491 e. The minimum Gasteiger partial charge on any atom is -0.491 e. The number of rotatable bonds is 8. The molecule has 0 bridgehead atoms. The molecule has 2 amide bonds. The Kier molecular flexibility index (Phi) is 7.19. The number of hydrogen-bond donors (Lipinski definition) is 2. The summed E-state index contributed by atoms with van der Waals surface area (Å²) >= 11 is 1.49. The third-order valence-electron chi connectivity index (χ3n) is 3.98. The van der Waals surface area contributed by atoms with Crippen molar-refractivity contribution in [2.45, 2.75) is 13.0 Å². The SMILES string of the molecule is C[C@@H](COc1ccccc1)NC(=O)/C(=C/c1cccs1)NC(=O)c1ccccc1. The highest BCUT2D eigenvalue weighted by molar-refractivity contribution is 7.10. The lowest BCUT2D eigenvalue weighted by atomic mass is 10.2. The molecule has 1 heterocycles. The first-order valence-electron chi connectivity index (χ1n) is 9.22. The van der Waals surface area contributed by atoms with Gasteiger partial charge in [-0.15, -0.1) is 11.3 Å². The Morgan fingerprint density at radius 2 is 1.69 bits per heavy atom. The fourth-order valence-electron chi connectivity index (χ4n) is 2.54. The number of amides is 2. The number of ether oxygens (including phenoxy) is 1. The van der Waals surface area contributed by atoms with Crippen LogP contribution in [0.1, 0.15) is 22.2 Å². The van der Waals surface area contributed by atoms with Gasteiger partial charge < -0.3 is 15.4 Å². The second-order valence-electron chi connectivity index (χ2n) is 6.39. The van der Waals surface area contributed by atoms with E-state index in [1.54, 1.807) is 30.3 Å². The molecule has 29 heavy (non-hydrogen) atoms. The van der Waals surface area contributed by atoms with E-state index in [4.69, 9.17) is 4.74 Å². The quantitative estimate of drug-likeness (QED) is 0.554. The molecule has 3 aromatic rings. The molecule has 2 aromatic carbocycles. The maximum Gasteiger partial charge on any atom is 0.268 e. The number of carbonyl (C=O) groups excluding carboxylic acids is 2. The van der Waals surface area contributed by atoms with E-state index in [1.807, 2.05) is 60.8 Å². The van der Waals surface area contributed by atoms with Gasteiger partial charge in [-0.05, 0) is 48.7 Å². The van der Waals surface area contributed by atoms with Crippen molar-refractivity contribution in [3.05, 3.63) is 94.3 Å². The van der Waals surface area contributed by atoms with Crippen molar-refractivity contribution in [2.75, 3.05) is 6.61 Å². The monoisotopic (exact) mass is 406 g/mol. The molecule has 0 fully saturated rings.